The summed E-state index contributed by atoms with van der Waals surface area (Å²) in [5, 5.41) is 2.46. The van der Waals surface area contributed by atoms with Crippen LogP contribution < -0.4 is 5.32 Å². The largest absolute Gasteiger partial charge is 0.417 e. The van der Waals surface area contributed by atoms with Crippen molar-refractivity contribution in [1.29, 1.82) is 0 Å². The Balaban J connectivity index is 2.21. The van der Waals surface area contributed by atoms with Crippen molar-refractivity contribution in [2.24, 2.45) is 0 Å². The molecule has 3 nitrogen and oxygen atoms in total. The zero-order valence-electron chi connectivity index (χ0n) is 13.8. The Kier molecular flexibility index (Phi) is 6.48. The molecule has 0 aliphatic carbocycles. The molecule has 1 atom stereocenters. The van der Waals surface area contributed by atoms with E-state index < -0.39 is 41.7 Å². The van der Waals surface area contributed by atoms with E-state index in [9.17, 15) is 31.1 Å². The Morgan fingerprint density at radius 3 is 2.15 bits per heavy atom. The average Bonchev–Trinajstić information content (AvgIpc) is 2.60. The average molecular weight is 391 g/mol. The van der Waals surface area contributed by atoms with Crippen LogP contribution in [0.3, 0.4) is 0 Å². The van der Waals surface area contributed by atoms with E-state index in [0.717, 1.165) is 12.1 Å². The van der Waals surface area contributed by atoms with E-state index in [4.69, 9.17) is 4.74 Å². The van der Waals surface area contributed by atoms with Crippen LogP contribution in [0, 0.1) is 0 Å². The van der Waals surface area contributed by atoms with Gasteiger partial charge in [-0.05, 0) is 17.2 Å². The molecule has 0 radical (unpaired) electrons. The normalized spacial score (nSPS) is 13.3. The molecule has 2 aromatic carbocycles. The van der Waals surface area contributed by atoms with E-state index in [1.807, 2.05) is 0 Å². The molecule has 0 aromatic heterocycles. The Bertz CT molecular complexity index is 759. The molecule has 0 bridgehead atoms. The second kappa shape index (κ2) is 8.43. The second-order valence-corrected chi connectivity index (χ2v) is 5.60. The molecule has 2 aromatic rings. The van der Waals surface area contributed by atoms with Gasteiger partial charge < -0.3 is 10.1 Å². The first-order valence-electron chi connectivity index (χ1n) is 7.73. The van der Waals surface area contributed by atoms with Crippen LogP contribution in [0.15, 0.2) is 48.5 Å². The van der Waals surface area contributed by atoms with E-state index in [-0.39, 0.29) is 6.61 Å². The van der Waals surface area contributed by atoms with Gasteiger partial charge in [0.1, 0.15) is 0 Å². The summed E-state index contributed by atoms with van der Waals surface area (Å²) in [5.74, 6) is 0. The van der Waals surface area contributed by atoms with E-state index in [1.54, 1.807) is 30.3 Å². The topological polar surface area (TPSA) is 38.3 Å². The number of hydrogen-bond donors (Lipinski definition) is 1. The summed E-state index contributed by atoms with van der Waals surface area (Å²) < 4.78 is 83.6. The number of benzene rings is 2. The van der Waals surface area contributed by atoms with Crippen LogP contribution in [0.25, 0.3) is 0 Å². The van der Waals surface area contributed by atoms with Gasteiger partial charge in [-0.3, -0.25) is 4.79 Å². The minimum atomic E-state index is -5.19. The molecule has 27 heavy (non-hydrogen) atoms. The molecule has 2 rings (SSSR count). The number of alkyl halides is 6. The summed E-state index contributed by atoms with van der Waals surface area (Å²) in [6, 6.07) is 10.0. The monoisotopic (exact) mass is 391 g/mol. The summed E-state index contributed by atoms with van der Waals surface area (Å²) in [4.78, 5) is 10.7. The van der Waals surface area contributed by atoms with Crippen molar-refractivity contribution < 1.29 is 35.9 Å². The van der Waals surface area contributed by atoms with Crippen LogP contribution >= 0.6 is 0 Å². The number of halogens is 6. The minimum Gasteiger partial charge on any atom is -0.374 e. The lowest BCUT2D eigenvalue weighted by Gasteiger charge is -2.20. The number of carbonyl (C=O) groups excluding carboxylic acids is 1. The van der Waals surface area contributed by atoms with Gasteiger partial charge in [0.2, 0.25) is 6.41 Å². The van der Waals surface area contributed by atoms with Crippen LogP contribution in [0.1, 0.15) is 28.3 Å². The van der Waals surface area contributed by atoms with Gasteiger partial charge in [0.05, 0.1) is 30.4 Å². The van der Waals surface area contributed by atoms with Crippen molar-refractivity contribution in [2.45, 2.75) is 25.0 Å². The van der Waals surface area contributed by atoms with Crippen LogP contribution in [-0.4, -0.2) is 13.0 Å². The van der Waals surface area contributed by atoms with Crippen molar-refractivity contribution in [2.75, 3.05) is 6.61 Å². The summed E-state index contributed by atoms with van der Waals surface area (Å²) in [7, 11) is 0. The van der Waals surface area contributed by atoms with Gasteiger partial charge in [-0.25, -0.2) is 0 Å². The molecule has 0 fully saturated rings. The molecular formula is C18H15F6NO2. The number of carbonyl (C=O) groups is 1. The second-order valence-electron chi connectivity index (χ2n) is 5.60. The molecule has 0 saturated carbocycles. The molecule has 1 unspecified atom stereocenters. The number of amides is 1. The highest BCUT2D eigenvalue weighted by Gasteiger charge is 2.44. The third-order valence-electron chi connectivity index (χ3n) is 3.75. The standard InChI is InChI=1S/C18H15F6NO2/c19-17(20,21)14-8-4-7-13(16(14)18(22,23)24)9-27-10-15(25-11-26)12-5-2-1-3-6-12/h1-8,11,15H,9-10H2,(H,25,26). The SMILES string of the molecule is O=CNC(COCc1cccc(C(F)(F)F)c1C(F)(F)F)c1ccccc1. The third kappa shape index (κ3) is 5.46. The molecular weight excluding hydrogens is 376 g/mol. The van der Waals surface area contributed by atoms with Gasteiger partial charge in [-0.15, -0.1) is 0 Å². The zero-order chi connectivity index (χ0) is 20.1. The van der Waals surface area contributed by atoms with Gasteiger partial charge >= 0.3 is 12.4 Å². The lowest BCUT2D eigenvalue weighted by molar-refractivity contribution is -0.163. The fourth-order valence-electron chi connectivity index (χ4n) is 2.59. The first-order valence-corrected chi connectivity index (χ1v) is 7.73. The minimum absolute atomic E-state index is 0.212. The molecule has 146 valence electrons. The van der Waals surface area contributed by atoms with Gasteiger partial charge in [0.15, 0.2) is 0 Å². The maximum absolute atomic E-state index is 13.2. The smallest absolute Gasteiger partial charge is 0.374 e. The number of ether oxygens (including phenoxy) is 1. The van der Waals surface area contributed by atoms with Crippen molar-refractivity contribution in [3.63, 3.8) is 0 Å². The lowest BCUT2D eigenvalue weighted by Crippen LogP contribution is -2.25. The third-order valence-corrected chi connectivity index (χ3v) is 3.75. The molecule has 0 aliphatic heterocycles. The Morgan fingerprint density at radius 2 is 1.59 bits per heavy atom. The van der Waals surface area contributed by atoms with Gasteiger partial charge in [0.25, 0.3) is 0 Å². The Hall–Kier alpha value is -2.55. The number of nitrogens with one attached hydrogen (secondary N) is 1. The summed E-state index contributed by atoms with van der Waals surface area (Å²) in [5.41, 5.74) is -3.52. The summed E-state index contributed by atoms with van der Waals surface area (Å²) >= 11 is 0. The van der Waals surface area contributed by atoms with Crippen LogP contribution in [0.5, 0.6) is 0 Å². The zero-order valence-corrected chi connectivity index (χ0v) is 13.8. The quantitative estimate of drug-likeness (QED) is 0.548. The molecule has 0 heterocycles. The summed E-state index contributed by atoms with van der Waals surface area (Å²) in [6.45, 7) is -0.904. The highest BCUT2D eigenvalue weighted by Crippen LogP contribution is 2.42. The van der Waals surface area contributed by atoms with Gasteiger partial charge in [-0.1, -0.05) is 42.5 Å². The first kappa shape index (κ1) is 20.8. The molecule has 0 spiro atoms. The highest BCUT2D eigenvalue weighted by molar-refractivity contribution is 5.47. The van der Waals surface area contributed by atoms with Crippen molar-refractivity contribution in [1.82, 2.24) is 5.32 Å². The van der Waals surface area contributed by atoms with Crippen LogP contribution in [0.2, 0.25) is 0 Å². The van der Waals surface area contributed by atoms with E-state index >= 15 is 0 Å². The van der Waals surface area contributed by atoms with Gasteiger partial charge in [0, 0.05) is 0 Å². The Labute approximate surface area is 150 Å². The molecule has 1 N–H and O–H groups in total. The van der Waals surface area contributed by atoms with Gasteiger partial charge in [-0.2, -0.15) is 26.3 Å². The fourth-order valence-corrected chi connectivity index (χ4v) is 2.59. The molecule has 0 aliphatic rings. The van der Waals surface area contributed by atoms with E-state index in [0.29, 0.717) is 18.0 Å². The van der Waals surface area contributed by atoms with Crippen LogP contribution in [0.4, 0.5) is 26.3 Å². The number of hydrogen-bond acceptors (Lipinski definition) is 2. The van der Waals surface area contributed by atoms with Crippen molar-refractivity contribution in [3.8, 4) is 0 Å². The van der Waals surface area contributed by atoms with Crippen molar-refractivity contribution in [3.05, 3.63) is 70.8 Å². The molecule has 9 heteroatoms. The highest BCUT2D eigenvalue weighted by atomic mass is 19.4. The molecule has 0 saturated heterocycles. The predicted octanol–water partition coefficient (Wildman–Crippen LogP) is 4.73. The maximum atomic E-state index is 13.2. The van der Waals surface area contributed by atoms with E-state index in [1.165, 1.54) is 0 Å². The maximum Gasteiger partial charge on any atom is 0.417 e. The predicted molar refractivity (Wildman–Crippen MR) is 84.5 cm³/mol. The summed E-state index contributed by atoms with van der Waals surface area (Å²) in [6.07, 6.45) is -9.93. The Morgan fingerprint density at radius 1 is 0.926 bits per heavy atom. The lowest BCUT2D eigenvalue weighted by atomic mass is 10.0. The van der Waals surface area contributed by atoms with Crippen molar-refractivity contribution >= 4 is 6.41 Å². The first-order chi connectivity index (χ1) is 12.6. The molecule has 1 amide bonds. The number of rotatable bonds is 7. The van der Waals surface area contributed by atoms with Crippen LogP contribution in [-0.2, 0) is 28.5 Å². The fraction of sp³-hybridized carbons (Fsp3) is 0.278. The van der Waals surface area contributed by atoms with E-state index in [2.05, 4.69) is 5.32 Å².